The first-order valence-electron chi connectivity index (χ1n) is 9.92. The van der Waals surface area contributed by atoms with Crippen molar-refractivity contribution in [2.75, 3.05) is 19.7 Å². The maximum absolute atomic E-state index is 13.6. The first kappa shape index (κ1) is 17.4. The Bertz CT molecular complexity index is 1040. The van der Waals surface area contributed by atoms with Crippen molar-refractivity contribution in [3.05, 3.63) is 58.9 Å². The number of aromatic nitrogens is 3. The minimum Gasteiger partial charge on any atom is -0.370 e. The maximum atomic E-state index is 13.6. The highest BCUT2D eigenvalue weighted by Crippen LogP contribution is 2.40. The molecule has 1 aliphatic carbocycles. The van der Waals surface area contributed by atoms with Crippen LogP contribution in [-0.2, 0) is 11.8 Å². The molecule has 0 N–H and O–H groups in total. The summed E-state index contributed by atoms with van der Waals surface area (Å²) in [7, 11) is 1.90. The van der Waals surface area contributed by atoms with Crippen molar-refractivity contribution in [1.82, 2.24) is 19.7 Å². The van der Waals surface area contributed by atoms with Crippen LogP contribution in [0.3, 0.4) is 0 Å². The summed E-state index contributed by atoms with van der Waals surface area (Å²) in [5.74, 6) is 0.530. The topological polar surface area (TPSA) is 60.2 Å². The molecule has 1 atom stereocenters. The number of aryl methyl sites for hydroxylation is 2. The average molecular weight is 376 g/mol. The summed E-state index contributed by atoms with van der Waals surface area (Å²) in [6.07, 6.45) is 2.21. The van der Waals surface area contributed by atoms with Crippen LogP contribution >= 0.6 is 0 Å². The molecule has 2 aliphatic rings. The summed E-state index contributed by atoms with van der Waals surface area (Å²) in [5, 5.41) is 5.40. The van der Waals surface area contributed by atoms with Crippen LogP contribution in [0.4, 0.5) is 0 Å². The van der Waals surface area contributed by atoms with Crippen molar-refractivity contribution < 1.29 is 9.53 Å². The molecule has 0 spiro atoms. The van der Waals surface area contributed by atoms with Gasteiger partial charge in [-0.15, -0.1) is 0 Å². The molecule has 1 unspecified atom stereocenters. The number of morpholine rings is 1. The molecule has 1 saturated carbocycles. The van der Waals surface area contributed by atoms with E-state index >= 15 is 0 Å². The second-order valence-corrected chi connectivity index (χ2v) is 7.80. The normalized spacial score (nSPS) is 19.9. The monoisotopic (exact) mass is 376 g/mol. The number of hydrogen-bond donors (Lipinski definition) is 0. The molecule has 0 bridgehead atoms. The summed E-state index contributed by atoms with van der Waals surface area (Å²) in [4.78, 5) is 20.3. The van der Waals surface area contributed by atoms with Crippen LogP contribution in [-0.4, -0.2) is 45.3 Å². The quantitative estimate of drug-likeness (QED) is 0.703. The molecule has 1 saturated heterocycles. The zero-order valence-electron chi connectivity index (χ0n) is 16.3. The fourth-order valence-corrected chi connectivity index (χ4v) is 4.09. The van der Waals surface area contributed by atoms with E-state index in [1.165, 1.54) is 0 Å². The molecular weight excluding hydrogens is 352 g/mol. The second-order valence-electron chi connectivity index (χ2n) is 7.80. The van der Waals surface area contributed by atoms with E-state index in [0.717, 1.165) is 46.4 Å². The van der Waals surface area contributed by atoms with E-state index in [2.05, 4.69) is 17.2 Å². The zero-order chi connectivity index (χ0) is 19.3. The molecule has 0 radical (unpaired) electrons. The summed E-state index contributed by atoms with van der Waals surface area (Å²) in [5.41, 5.74) is 4.51. The van der Waals surface area contributed by atoms with Gasteiger partial charge in [-0.2, -0.15) is 5.10 Å². The second kappa shape index (κ2) is 6.71. The lowest BCUT2D eigenvalue weighted by atomic mass is 10.0. The van der Waals surface area contributed by atoms with E-state index in [4.69, 9.17) is 9.72 Å². The van der Waals surface area contributed by atoms with Crippen LogP contribution in [0.1, 0.15) is 52.2 Å². The maximum Gasteiger partial charge on any atom is 0.254 e. The number of hydrogen-bond acceptors (Lipinski definition) is 4. The average Bonchev–Trinajstić information content (AvgIpc) is 3.54. The Hall–Kier alpha value is -2.73. The minimum atomic E-state index is -0.0888. The number of rotatable bonds is 3. The van der Waals surface area contributed by atoms with Gasteiger partial charge in [0.15, 0.2) is 5.65 Å². The predicted molar refractivity (Wildman–Crippen MR) is 106 cm³/mol. The molecule has 2 fully saturated rings. The number of ether oxygens (including phenoxy) is 1. The molecule has 2 aromatic heterocycles. The molecule has 3 aromatic rings. The van der Waals surface area contributed by atoms with Crippen molar-refractivity contribution in [1.29, 1.82) is 0 Å². The lowest BCUT2D eigenvalue weighted by Gasteiger charge is -2.33. The molecule has 5 rings (SSSR count). The van der Waals surface area contributed by atoms with Gasteiger partial charge in [0.25, 0.3) is 5.91 Å². The van der Waals surface area contributed by atoms with E-state index in [9.17, 15) is 4.79 Å². The van der Waals surface area contributed by atoms with Gasteiger partial charge in [0.05, 0.1) is 29.8 Å². The first-order chi connectivity index (χ1) is 13.6. The van der Waals surface area contributed by atoms with Crippen LogP contribution in [0.5, 0.6) is 0 Å². The van der Waals surface area contributed by atoms with Gasteiger partial charge >= 0.3 is 0 Å². The van der Waals surface area contributed by atoms with Gasteiger partial charge in [-0.05, 0) is 31.4 Å². The van der Waals surface area contributed by atoms with Gasteiger partial charge in [-0.3, -0.25) is 9.48 Å². The SMILES string of the molecule is Cc1nn(C)c2nc(C3CC3)cc(C(=O)N3CCOC(c4ccccc4)C3)c12. The van der Waals surface area contributed by atoms with Gasteiger partial charge < -0.3 is 9.64 Å². The molecule has 28 heavy (non-hydrogen) atoms. The molecule has 6 nitrogen and oxygen atoms in total. The van der Waals surface area contributed by atoms with Crippen molar-refractivity contribution in [3.63, 3.8) is 0 Å². The van der Waals surface area contributed by atoms with Crippen molar-refractivity contribution >= 4 is 16.9 Å². The Labute approximate surface area is 164 Å². The van der Waals surface area contributed by atoms with Crippen LogP contribution in [0, 0.1) is 6.92 Å². The van der Waals surface area contributed by atoms with Crippen molar-refractivity contribution in [2.24, 2.45) is 7.05 Å². The molecule has 144 valence electrons. The first-order valence-corrected chi connectivity index (χ1v) is 9.92. The van der Waals surface area contributed by atoms with E-state index in [-0.39, 0.29) is 12.0 Å². The van der Waals surface area contributed by atoms with Gasteiger partial charge in [-0.1, -0.05) is 30.3 Å². The van der Waals surface area contributed by atoms with Gasteiger partial charge in [0.1, 0.15) is 6.10 Å². The summed E-state index contributed by atoms with van der Waals surface area (Å²) in [6, 6.07) is 12.1. The number of benzene rings is 1. The summed E-state index contributed by atoms with van der Waals surface area (Å²) in [6.45, 7) is 3.65. The Morgan fingerprint density at radius 1 is 1.21 bits per heavy atom. The van der Waals surface area contributed by atoms with Crippen molar-refractivity contribution in [2.45, 2.75) is 31.8 Å². The molecular formula is C22H24N4O2. The molecule has 1 amide bonds. The number of carbonyl (C=O) groups excluding carboxylic acids is 1. The van der Waals surface area contributed by atoms with Gasteiger partial charge in [0.2, 0.25) is 0 Å². The van der Waals surface area contributed by atoms with Crippen molar-refractivity contribution in [3.8, 4) is 0 Å². The Morgan fingerprint density at radius 2 is 2.00 bits per heavy atom. The van der Waals surface area contributed by atoms with E-state index in [1.54, 1.807) is 4.68 Å². The van der Waals surface area contributed by atoms with Gasteiger partial charge in [-0.25, -0.2) is 4.98 Å². The lowest BCUT2D eigenvalue weighted by Crippen LogP contribution is -2.42. The highest BCUT2D eigenvalue weighted by atomic mass is 16.5. The largest absolute Gasteiger partial charge is 0.370 e. The van der Waals surface area contributed by atoms with E-state index in [1.807, 2.05) is 43.1 Å². The number of carbonyl (C=O) groups is 1. The zero-order valence-corrected chi connectivity index (χ0v) is 16.3. The molecule has 3 heterocycles. The third-order valence-electron chi connectivity index (χ3n) is 5.74. The van der Waals surface area contributed by atoms with Crippen LogP contribution in [0.2, 0.25) is 0 Å². The predicted octanol–water partition coefficient (Wildman–Crippen LogP) is 3.37. The highest BCUT2D eigenvalue weighted by Gasteiger charge is 2.31. The number of fused-ring (bicyclic) bond motifs is 1. The van der Waals surface area contributed by atoms with E-state index in [0.29, 0.717) is 25.6 Å². The molecule has 1 aromatic carbocycles. The minimum absolute atomic E-state index is 0.0506. The number of pyridine rings is 1. The summed E-state index contributed by atoms with van der Waals surface area (Å²) < 4.78 is 7.74. The highest BCUT2D eigenvalue weighted by molar-refractivity contribution is 6.06. The Kier molecular flexibility index (Phi) is 4.16. The third-order valence-corrected chi connectivity index (χ3v) is 5.74. The standard InChI is InChI=1S/C22H24N4O2/c1-14-20-17(12-18(15-8-9-15)23-21(20)25(2)24-14)22(27)26-10-11-28-19(13-26)16-6-4-3-5-7-16/h3-7,12,15,19H,8-11,13H2,1-2H3. The summed E-state index contributed by atoms with van der Waals surface area (Å²) >= 11 is 0. The lowest BCUT2D eigenvalue weighted by molar-refractivity contribution is -0.0227. The third kappa shape index (κ3) is 2.98. The number of amides is 1. The van der Waals surface area contributed by atoms with Crippen LogP contribution in [0.15, 0.2) is 36.4 Å². The van der Waals surface area contributed by atoms with Crippen LogP contribution in [0.25, 0.3) is 11.0 Å². The Balaban J connectivity index is 1.51. The van der Waals surface area contributed by atoms with Crippen LogP contribution < -0.4 is 0 Å². The smallest absolute Gasteiger partial charge is 0.254 e. The Morgan fingerprint density at radius 3 is 2.75 bits per heavy atom. The fraction of sp³-hybridized carbons (Fsp3) is 0.409. The molecule has 1 aliphatic heterocycles. The fourth-order valence-electron chi connectivity index (χ4n) is 4.09. The van der Waals surface area contributed by atoms with E-state index < -0.39 is 0 Å². The molecule has 6 heteroatoms. The van der Waals surface area contributed by atoms with Gasteiger partial charge in [0, 0.05) is 25.2 Å². The number of nitrogens with zero attached hydrogens (tertiary/aromatic N) is 4.